The molecule has 80 heavy (non-hydrogen) atoms. The van der Waals surface area contributed by atoms with E-state index < -0.39 is 10.8 Å². The third-order valence-electron chi connectivity index (χ3n) is 19.1. The number of hydrogen-bond acceptors (Lipinski definition) is 1. The van der Waals surface area contributed by atoms with E-state index >= 15 is 0 Å². The van der Waals surface area contributed by atoms with Crippen molar-refractivity contribution in [1.29, 1.82) is 0 Å². The molecule has 3 aliphatic carbocycles. The van der Waals surface area contributed by atoms with Crippen LogP contribution in [-0.2, 0) is 10.8 Å². The molecule has 15 aromatic rings. The maximum absolute atomic E-state index is 2.66. The lowest BCUT2D eigenvalue weighted by atomic mass is 9.65. The molecule has 368 valence electrons. The van der Waals surface area contributed by atoms with Crippen molar-refractivity contribution < 1.29 is 0 Å². The van der Waals surface area contributed by atoms with Gasteiger partial charge in [-0.05, 0) is 146 Å². The summed E-state index contributed by atoms with van der Waals surface area (Å²) < 4.78 is 2.55. The average molecular weight is 1010 g/mol. The van der Waals surface area contributed by atoms with Crippen LogP contribution in [0.2, 0.25) is 0 Å². The van der Waals surface area contributed by atoms with Gasteiger partial charge in [0.1, 0.15) is 0 Å². The molecule has 19 rings (SSSR count). The van der Waals surface area contributed by atoms with E-state index in [2.05, 4.69) is 289 Å². The first-order valence-electron chi connectivity index (χ1n) is 28.1. The van der Waals surface area contributed by atoms with Crippen LogP contribution in [0.1, 0.15) is 44.5 Å². The molecule has 0 amide bonds. The number of para-hydroxylation sites is 3. The molecule has 1 atom stereocenters. The Morgan fingerprint density at radius 1 is 0.250 bits per heavy atom. The molecule has 2 spiro atoms. The summed E-state index contributed by atoms with van der Waals surface area (Å²) >= 11 is 0. The maximum atomic E-state index is 2.66. The summed E-state index contributed by atoms with van der Waals surface area (Å²) in [6.45, 7) is 0. The molecule has 2 nitrogen and oxygen atoms in total. The molecule has 0 bridgehead atoms. The van der Waals surface area contributed by atoms with Crippen LogP contribution in [0.3, 0.4) is 0 Å². The Bertz CT molecular complexity index is 5200. The van der Waals surface area contributed by atoms with Gasteiger partial charge in [-0.1, -0.05) is 243 Å². The lowest BCUT2D eigenvalue weighted by molar-refractivity contribution is 0.748. The van der Waals surface area contributed by atoms with Crippen LogP contribution in [-0.4, -0.2) is 4.57 Å². The third kappa shape index (κ3) is 4.99. The van der Waals surface area contributed by atoms with Crippen LogP contribution < -0.4 is 4.90 Å². The third-order valence-corrected chi connectivity index (χ3v) is 19.1. The minimum atomic E-state index is -0.629. The minimum Gasteiger partial charge on any atom is -0.309 e. The zero-order valence-electron chi connectivity index (χ0n) is 43.5. The molecule has 0 N–H and O–H groups in total. The summed E-state index contributed by atoms with van der Waals surface area (Å²) in [5.74, 6) is 0. The molecular formula is C78H46N2. The first kappa shape index (κ1) is 42.8. The fraction of sp³-hybridized carbons (Fsp3) is 0.0256. The molecule has 1 unspecified atom stereocenters. The summed E-state index contributed by atoms with van der Waals surface area (Å²) in [5, 5.41) is 12.5. The highest BCUT2D eigenvalue weighted by Crippen LogP contribution is 2.67. The lowest BCUT2D eigenvalue weighted by Gasteiger charge is -2.39. The second-order valence-electron chi connectivity index (χ2n) is 22.5. The number of benzene rings is 14. The minimum absolute atomic E-state index is 0.555. The summed E-state index contributed by atoms with van der Waals surface area (Å²) in [5.41, 5.74) is 24.2. The number of anilines is 3. The van der Waals surface area contributed by atoms with Crippen molar-refractivity contribution in [2.24, 2.45) is 0 Å². The van der Waals surface area contributed by atoms with Gasteiger partial charge in [0.2, 0.25) is 0 Å². The van der Waals surface area contributed by atoms with Crippen molar-refractivity contribution in [3.63, 3.8) is 0 Å². The van der Waals surface area contributed by atoms with Crippen molar-refractivity contribution in [3.8, 4) is 39.1 Å². The molecule has 0 fully saturated rings. The first-order valence-corrected chi connectivity index (χ1v) is 28.1. The Morgan fingerprint density at radius 2 is 0.700 bits per heavy atom. The van der Waals surface area contributed by atoms with Gasteiger partial charge in [-0.25, -0.2) is 0 Å². The molecular weight excluding hydrogens is 965 g/mol. The fourth-order valence-corrected chi connectivity index (χ4v) is 16.3. The molecule has 0 saturated carbocycles. The molecule has 0 saturated heterocycles. The monoisotopic (exact) mass is 1010 g/mol. The van der Waals surface area contributed by atoms with Gasteiger partial charge in [0, 0.05) is 27.4 Å². The van der Waals surface area contributed by atoms with Crippen molar-refractivity contribution in [1.82, 2.24) is 4.57 Å². The van der Waals surface area contributed by atoms with E-state index in [1.54, 1.807) is 0 Å². The zero-order valence-corrected chi connectivity index (χ0v) is 43.5. The van der Waals surface area contributed by atoms with Gasteiger partial charge in [-0.2, -0.15) is 0 Å². The Kier molecular flexibility index (Phi) is 8.16. The summed E-state index contributed by atoms with van der Waals surface area (Å²) in [6.07, 6.45) is 0. The van der Waals surface area contributed by atoms with Crippen LogP contribution >= 0.6 is 0 Å². The smallest absolute Gasteiger partial charge is 0.0755 e. The lowest BCUT2D eigenvalue weighted by Crippen LogP contribution is -2.33. The number of rotatable bonds is 3. The second kappa shape index (κ2) is 15.3. The standard InChI is InChI=1S/C78H46N2/c1-2-23-50-48(21-1)49-22-3-4-24-51(49)61-45-47(43-44-52(50)61)79(73-46-69-74(57-29-6-5-27-55(57)73)59-30-9-14-35-64(59)77(69)62-33-12-7-25-53(62)54-26-8-13-34-63(54)77)72-42-20-38-67-75(72)60-31-10-15-36-65(60)78(67)66-37-16-18-41-71(66)80-70-40-17-11-28-56(70)58-32-19-39-68(78)76(58)80/h1-46H. The van der Waals surface area contributed by atoms with E-state index in [9.17, 15) is 0 Å². The number of hydrogen-bond donors (Lipinski definition) is 0. The van der Waals surface area contributed by atoms with Gasteiger partial charge in [-0.3, -0.25) is 0 Å². The molecule has 1 aliphatic heterocycles. The normalized spacial score (nSPS) is 15.4. The van der Waals surface area contributed by atoms with Crippen LogP contribution in [0.4, 0.5) is 17.1 Å². The Morgan fingerprint density at radius 3 is 1.38 bits per heavy atom. The molecule has 2 heterocycles. The van der Waals surface area contributed by atoms with Gasteiger partial charge in [0.25, 0.3) is 0 Å². The van der Waals surface area contributed by atoms with E-state index in [0.29, 0.717) is 0 Å². The molecule has 14 aromatic carbocycles. The zero-order chi connectivity index (χ0) is 52.0. The van der Waals surface area contributed by atoms with Gasteiger partial charge < -0.3 is 9.47 Å². The van der Waals surface area contributed by atoms with Gasteiger partial charge in [0.05, 0.1) is 38.9 Å². The van der Waals surface area contributed by atoms with Crippen molar-refractivity contribution in [2.75, 3.05) is 4.90 Å². The van der Waals surface area contributed by atoms with Crippen molar-refractivity contribution in [3.05, 3.63) is 324 Å². The van der Waals surface area contributed by atoms with E-state index in [0.717, 1.165) is 17.1 Å². The van der Waals surface area contributed by atoms with Gasteiger partial charge in [0.15, 0.2) is 0 Å². The second-order valence-corrected chi connectivity index (χ2v) is 22.5. The van der Waals surface area contributed by atoms with Gasteiger partial charge >= 0.3 is 0 Å². The molecule has 2 heteroatoms. The van der Waals surface area contributed by atoms with Crippen molar-refractivity contribution in [2.45, 2.75) is 10.8 Å². The van der Waals surface area contributed by atoms with Gasteiger partial charge in [-0.15, -0.1) is 0 Å². The first-order chi connectivity index (χ1) is 39.7. The van der Waals surface area contributed by atoms with Crippen LogP contribution in [0, 0.1) is 0 Å². The van der Waals surface area contributed by atoms with E-state index in [4.69, 9.17) is 0 Å². The Labute approximate surface area is 462 Å². The number of aromatic nitrogens is 1. The SMILES string of the molecule is c1ccc2c(c1)-c1ccccc1C21c2ccccc2-c2c1cc(N(c1ccc3c4ccccc4c4ccccc4c3c1)c1cccc3c1-c1ccccc1C31c3ccccc3-n3c4ccccc4c4cccc1c43)c1ccccc21. The molecule has 1 aromatic heterocycles. The van der Waals surface area contributed by atoms with Crippen LogP contribution in [0.15, 0.2) is 279 Å². The van der Waals surface area contributed by atoms with E-state index in [-0.39, 0.29) is 0 Å². The van der Waals surface area contributed by atoms with Crippen molar-refractivity contribution >= 4 is 82.0 Å². The van der Waals surface area contributed by atoms with E-state index in [1.165, 1.54) is 148 Å². The fourth-order valence-electron chi connectivity index (χ4n) is 16.3. The predicted octanol–water partition coefficient (Wildman–Crippen LogP) is 19.9. The highest BCUT2D eigenvalue weighted by molar-refractivity contribution is 6.26. The van der Waals surface area contributed by atoms with E-state index in [1.807, 2.05) is 0 Å². The number of fused-ring (bicyclic) bond motifs is 30. The molecule has 4 aliphatic rings. The Hall–Kier alpha value is -10.3. The highest BCUT2D eigenvalue weighted by atomic mass is 15.1. The van der Waals surface area contributed by atoms with Crippen LogP contribution in [0.25, 0.3) is 104 Å². The largest absolute Gasteiger partial charge is 0.309 e. The maximum Gasteiger partial charge on any atom is 0.0755 e. The summed E-state index contributed by atoms with van der Waals surface area (Å²) in [4.78, 5) is 2.66. The van der Waals surface area contributed by atoms with Crippen LogP contribution in [0.5, 0.6) is 0 Å². The predicted molar refractivity (Wildman–Crippen MR) is 333 cm³/mol. The number of nitrogens with zero attached hydrogens (tertiary/aromatic N) is 2. The topological polar surface area (TPSA) is 8.17 Å². The quantitative estimate of drug-likeness (QED) is 0.160. The Balaban J connectivity index is 0.977. The average Bonchev–Trinajstić information content (AvgIpc) is 4.42. The summed E-state index contributed by atoms with van der Waals surface area (Å²) in [7, 11) is 0. The molecule has 0 radical (unpaired) electrons. The highest BCUT2D eigenvalue weighted by Gasteiger charge is 2.54. The summed E-state index contributed by atoms with van der Waals surface area (Å²) in [6, 6.07) is 107.